The predicted molar refractivity (Wildman–Crippen MR) is 77.3 cm³/mol. The van der Waals surface area contributed by atoms with Gasteiger partial charge in [-0.25, -0.2) is 4.98 Å². The van der Waals surface area contributed by atoms with Crippen LogP contribution in [0.25, 0.3) is 10.9 Å². The van der Waals surface area contributed by atoms with Gasteiger partial charge in [-0.05, 0) is 37.0 Å². The quantitative estimate of drug-likeness (QED) is 0.706. The molecular formula is C17H17N. The Kier molecular flexibility index (Phi) is 4.15. The third-order valence-corrected chi connectivity index (χ3v) is 2.82. The highest BCUT2D eigenvalue weighted by molar-refractivity contribution is 5.78. The second-order valence-electron chi connectivity index (χ2n) is 4.20. The molecule has 0 bridgehead atoms. The minimum absolute atomic E-state index is 0.837. The fourth-order valence-corrected chi connectivity index (χ4v) is 1.83. The highest BCUT2D eigenvalue weighted by Gasteiger charge is 1.94. The Balaban J connectivity index is 2.30. The number of hydrogen-bond acceptors (Lipinski definition) is 1. The molecule has 2 aromatic rings. The molecule has 0 spiro atoms. The molecule has 0 aliphatic rings. The minimum Gasteiger partial charge on any atom is -0.239 e. The van der Waals surface area contributed by atoms with Crippen molar-refractivity contribution < 1.29 is 0 Å². The number of fused-ring (bicyclic) bond motifs is 1. The average molecular weight is 235 g/mol. The van der Waals surface area contributed by atoms with E-state index in [0.29, 0.717) is 0 Å². The van der Waals surface area contributed by atoms with Gasteiger partial charge in [-0.2, -0.15) is 0 Å². The van der Waals surface area contributed by atoms with Crippen LogP contribution in [0, 0.1) is 11.8 Å². The first-order valence-corrected chi connectivity index (χ1v) is 6.36. The van der Waals surface area contributed by atoms with E-state index in [-0.39, 0.29) is 0 Å². The van der Waals surface area contributed by atoms with Gasteiger partial charge in [0.15, 0.2) is 0 Å². The van der Waals surface area contributed by atoms with E-state index < -0.39 is 0 Å². The van der Waals surface area contributed by atoms with Crippen molar-refractivity contribution in [2.75, 3.05) is 0 Å². The highest BCUT2D eigenvalue weighted by atomic mass is 14.7. The number of pyridine rings is 1. The third kappa shape index (κ3) is 2.99. The number of para-hydroxylation sites is 1. The first kappa shape index (κ1) is 12.4. The highest BCUT2D eigenvalue weighted by Crippen LogP contribution is 2.11. The van der Waals surface area contributed by atoms with Crippen LogP contribution in [0.5, 0.6) is 0 Å². The van der Waals surface area contributed by atoms with Crippen LogP contribution in [-0.2, 0) is 0 Å². The van der Waals surface area contributed by atoms with E-state index in [1.165, 1.54) is 5.57 Å². The molecule has 0 fully saturated rings. The zero-order chi connectivity index (χ0) is 12.8. The van der Waals surface area contributed by atoms with E-state index in [4.69, 9.17) is 0 Å². The summed E-state index contributed by atoms with van der Waals surface area (Å²) in [5.41, 5.74) is 3.03. The van der Waals surface area contributed by atoms with Gasteiger partial charge in [0, 0.05) is 5.39 Å². The maximum absolute atomic E-state index is 4.54. The lowest BCUT2D eigenvalue weighted by Gasteiger charge is -1.97. The first-order chi connectivity index (χ1) is 8.83. The molecule has 0 amide bonds. The zero-order valence-corrected chi connectivity index (χ0v) is 10.9. The minimum atomic E-state index is 0.837. The molecule has 0 radical (unpaired) electrons. The lowest BCUT2D eigenvalue weighted by Crippen LogP contribution is -1.84. The Morgan fingerprint density at radius 1 is 1.22 bits per heavy atom. The normalized spacial score (nSPS) is 11.1. The monoisotopic (exact) mass is 235 g/mol. The molecule has 0 N–H and O–H groups in total. The van der Waals surface area contributed by atoms with Gasteiger partial charge in [0.1, 0.15) is 5.69 Å². The van der Waals surface area contributed by atoms with Crippen molar-refractivity contribution in [3.8, 4) is 11.8 Å². The molecule has 1 heterocycles. The Hall–Kier alpha value is -2.07. The fourth-order valence-electron chi connectivity index (χ4n) is 1.83. The number of hydrogen-bond donors (Lipinski definition) is 0. The van der Waals surface area contributed by atoms with Crippen molar-refractivity contribution in [2.24, 2.45) is 0 Å². The van der Waals surface area contributed by atoms with E-state index in [1.807, 2.05) is 31.2 Å². The van der Waals surface area contributed by atoms with E-state index >= 15 is 0 Å². The topological polar surface area (TPSA) is 12.9 Å². The Labute approximate surface area is 109 Å². The van der Waals surface area contributed by atoms with E-state index in [1.54, 1.807) is 0 Å². The molecular weight excluding hydrogens is 218 g/mol. The summed E-state index contributed by atoms with van der Waals surface area (Å²) in [4.78, 5) is 4.54. The maximum Gasteiger partial charge on any atom is 0.114 e. The van der Waals surface area contributed by atoms with Crippen molar-refractivity contribution >= 4 is 10.9 Å². The van der Waals surface area contributed by atoms with Gasteiger partial charge in [-0.3, -0.25) is 0 Å². The Bertz CT molecular complexity index is 627. The van der Waals surface area contributed by atoms with Crippen molar-refractivity contribution in [3.63, 3.8) is 0 Å². The second kappa shape index (κ2) is 6.02. The molecule has 1 heteroatoms. The van der Waals surface area contributed by atoms with Crippen molar-refractivity contribution in [2.45, 2.75) is 26.7 Å². The SMILES string of the molecule is CC=C(C#Cc1ccc2ccccc2n1)CCC. The number of nitrogens with zero attached hydrogens (tertiary/aromatic N) is 1. The molecule has 1 nitrogen and oxygen atoms in total. The molecule has 0 saturated carbocycles. The van der Waals surface area contributed by atoms with Crippen molar-refractivity contribution in [1.29, 1.82) is 0 Å². The van der Waals surface area contributed by atoms with Gasteiger partial charge in [0.2, 0.25) is 0 Å². The van der Waals surface area contributed by atoms with Gasteiger partial charge < -0.3 is 0 Å². The smallest absolute Gasteiger partial charge is 0.114 e. The van der Waals surface area contributed by atoms with Crippen LogP contribution in [-0.4, -0.2) is 4.98 Å². The summed E-state index contributed by atoms with van der Waals surface area (Å²) < 4.78 is 0. The van der Waals surface area contributed by atoms with Crippen LogP contribution in [0.1, 0.15) is 32.4 Å². The molecule has 18 heavy (non-hydrogen) atoms. The van der Waals surface area contributed by atoms with Crippen LogP contribution >= 0.6 is 0 Å². The second-order valence-corrected chi connectivity index (χ2v) is 4.20. The molecule has 0 unspecified atom stereocenters. The van der Waals surface area contributed by atoms with E-state index in [9.17, 15) is 0 Å². The molecule has 0 atom stereocenters. The Morgan fingerprint density at radius 3 is 2.83 bits per heavy atom. The number of benzene rings is 1. The molecule has 1 aromatic heterocycles. The summed E-state index contributed by atoms with van der Waals surface area (Å²) in [6.45, 7) is 4.20. The van der Waals surface area contributed by atoms with Crippen LogP contribution < -0.4 is 0 Å². The third-order valence-electron chi connectivity index (χ3n) is 2.82. The fraction of sp³-hybridized carbons (Fsp3) is 0.235. The van der Waals surface area contributed by atoms with Crippen molar-refractivity contribution in [1.82, 2.24) is 4.98 Å². The average Bonchev–Trinajstić information content (AvgIpc) is 2.43. The van der Waals surface area contributed by atoms with Crippen LogP contribution in [0.4, 0.5) is 0 Å². The summed E-state index contributed by atoms with van der Waals surface area (Å²) in [7, 11) is 0. The number of aromatic nitrogens is 1. The van der Waals surface area contributed by atoms with Gasteiger partial charge >= 0.3 is 0 Å². The molecule has 2 rings (SSSR count). The molecule has 0 aliphatic carbocycles. The molecule has 0 saturated heterocycles. The summed E-state index contributed by atoms with van der Waals surface area (Å²) in [6.07, 6.45) is 4.24. The van der Waals surface area contributed by atoms with Gasteiger partial charge in [-0.15, -0.1) is 0 Å². The predicted octanol–water partition coefficient (Wildman–Crippen LogP) is 4.33. The summed E-state index contributed by atoms with van der Waals surface area (Å²) in [5.74, 6) is 6.34. The summed E-state index contributed by atoms with van der Waals surface area (Å²) >= 11 is 0. The van der Waals surface area contributed by atoms with E-state index in [0.717, 1.165) is 29.4 Å². The first-order valence-electron chi connectivity index (χ1n) is 6.36. The van der Waals surface area contributed by atoms with E-state index in [2.05, 4.69) is 42.0 Å². The van der Waals surface area contributed by atoms with Gasteiger partial charge in [0.25, 0.3) is 0 Å². The summed E-state index contributed by atoms with van der Waals surface area (Å²) in [5, 5.41) is 1.16. The lowest BCUT2D eigenvalue weighted by molar-refractivity contribution is 0.930. The standard InChI is InChI=1S/C17H17N/c1-3-7-14(4-2)10-12-16-13-11-15-8-5-6-9-17(15)18-16/h4-6,8-9,11,13H,3,7H2,1-2H3. The largest absolute Gasteiger partial charge is 0.239 e. The zero-order valence-electron chi connectivity index (χ0n) is 10.9. The molecule has 1 aromatic carbocycles. The summed E-state index contributed by atoms with van der Waals surface area (Å²) in [6, 6.07) is 12.2. The maximum atomic E-state index is 4.54. The van der Waals surface area contributed by atoms with Crippen molar-refractivity contribution in [3.05, 3.63) is 53.7 Å². The molecule has 90 valence electrons. The van der Waals surface area contributed by atoms with Crippen LogP contribution in [0.2, 0.25) is 0 Å². The van der Waals surface area contributed by atoms with Gasteiger partial charge in [0.05, 0.1) is 5.52 Å². The lowest BCUT2D eigenvalue weighted by atomic mass is 10.1. The number of rotatable bonds is 2. The Morgan fingerprint density at radius 2 is 2.06 bits per heavy atom. The van der Waals surface area contributed by atoms with Crippen LogP contribution in [0.3, 0.4) is 0 Å². The van der Waals surface area contributed by atoms with Gasteiger partial charge in [-0.1, -0.05) is 49.6 Å². The number of allylic oxidation sites excluding steroid dienone is 2. The molecule has 0 aliphatic heterocycles. The van der Waals surface area contributed by atoms with Crippen LogP contribution in [0.15, 0.2) is 48.0 Å².